The van der Waals surface area contributed by atoms with Crippen LogP contribution in [0.5, 0.6) is 0 Å². The Labute approximate surface area is 280 Å². The second kappa shape index (κ2) is 33.7. The Morgan fingerprint density at radius 3 is 0.795 bits per heavy atom. The molecule has 1 heterocycles. The summed E-state index contributed by atoms with van der Waals surface area (Å²) in [5, 5.41) is 0. The lowest BCUT2D eigenvalue weighted by atomic mass is 10.0. The number of hydrogen-bond donors (Lipinski definition) is 0. The molecule has 0 aliphatic carbocycles. The quantitative estimate of drug-likeness (QED) is 0.0646. The van der Waals surface area contributed by atoms with Gasteiger partial charge in [0.25, 0.3) is 0 Å². The fourth-order valence-corrected chi connectivity index (χ4v) is 7.25. The van der Waals surface area contributed by atoms with E-state index in [0.29, 0.717) is 6.17 Å². The van der Waals surface area contributed by atoms with Gasteiger partial charge < -0.3 is 9.80 Å². The van der Waals surface area contributed by atoms with Gasteiger partial charge in [-0.1, -0.05) is 213 Å². The van der Waals surface area contributed by atoms with Crippen molar-refractivity contribution in [3.05, 3.63) is 12.4 Å². The molecule has 0 fully saturated rings. The highest BCUT2D eigenvalue weighted by Crippen LogP contribution is 2.24. The minimum atomic E-state index is 0.639. The zero-order valence-corrected chi connectivity index (χ0v) is 31.1. The molecule has 1 atom stereocenters. The molecule has 0 saturated heterocycles. The summed E-state index contributed by atoms with van der Waals surface area (Å²) >= 11 is 0. The minimum Gasteiger partial charge on any atom is -0.356 e. The van der Waals surface area contributed by atoms with Crippen LogP contribution in [0.1, 0.15) is 239 Å². The van der Waals surface area contributed by atoms with Crippen molar-refractivity contribution in [2.45, 2.75) is 245 Å². The minimum absolute atomic E-state index is 0.639. The molecule has 1 aliphatic heterocycles. The zero-order chi connectivity index (χ0) is 31.6. The highest BCUT2D eigenvalue weighted by atomic mass is 15.4. The normalized spacial score (nSPS) is 14.8. The summed E-state index contributed by atoms with van der Waals surface area (Å²) in [6.45, 7) is 9.48. The van der Waals surface area contributed by atoms with E-state index in [2.05, 4.69) is 43.0 Å². The lowest BCUT2D eigenvalue weighted by molar-refractivity contribution is 0.135. The first-order valence-corrected chi connectivity index (χ1v) is 21.0. The van der Waals surface area contributed by atoms with Crippen molar-refractivity contribution in [3.8, 4) is 0 Å². The van der Waals surface area contributed by atoms with Gasteiger partial charge in [0.2, 0.25) is 0 Å². The third-order valence-electron chi connectivity index (χ3n) is 10.3. The van der Waals surface area contributed by atoms with Crippen LogP contribution in [-0.4, -0.2) is 29.1 Å². The summed E-state index contributed by atoms with van der Waals surface area (Å²) in [6, 6.07) is 0. The van der Waals surface area contributed by atoms with E-state index in [1.165, 1.54) is 231 Å². The van der Waals surface area contributed by atoms with Gasteiger partial charge in [0.1, 0.15) is 6.17 Å². The Bertz CT molecular complexity index is 572. The molecule has 0 bridgehead atoms. The van der Waals surface area contributed by atoms with Gasteiger partial charge in [0.05, 0.1) is 0 Å². The van der Waals surface area contributed by atoms with Crippen LogP contribution in [0.2, 0.25) is 0 Å². The van der Waals surface area contributed by atoms with Crippen LogP contribution >= 0.6 is 0 Å². The maximum absolute atomic E-state index is 2.72. The highest BCUT2D eigenvalue weighted by Gasteiger charge is 2.24. The Morgan fingerprint density at radius 1 is 0.295 bits per heavy atom. The van der Waals surface area contributed by atoms with E-state index in [0.717, 1.165) is 0 Å². The number of hydrogen-bond acceptors (Lipinski definition) is 2. The first-order chi connectivity index (χ1) is 21.8. The van der Waals surface area contributed by atoms with Crippen molar-refractivity contribution in [1.82, 2.24) is 9.80 Å². The molecule has 0 radical (unpaired) electrons. The molecule has 0 aromatic rings. The van der Waals surface area contributed by atoms with Crippen LogP contribution in [0.15, 0.2) is 12.4 Å². The van der Waals surface area contributed by atoms with Crippen LogP contribution in [0.25, 0.3) is 0 Å². The van der Waals surface area contributed by atoms with Crippen molar-refractivity contribution in [2.24, 2.45) is 0 Å². The average molecular weight is 617 g/mol. The molecular weight excluding hydrogens is 532 g/mol. The van der Waals surface area contributed by atoms with Gasteiger partial charge in [-0.15, -0.1) is 0 Å². The molecule has 0 amide bonds. The molecule has 262 valence electrons. The summed E-state index contributed by atoms with van der Waals surface area (Å²) in [6.07, 6.45) is 54.4. The predicted octanol–water partition coefficient (Wildman–Crippen LogP) is 14.7. The second-order valence-corrected chi connectivity index (χ2v) is 14.6. The molecule has 1 aliphatic rings. The Hall–Kier alpha value is -0.660. The van der Waals surface area contributed by atoms with Gasteiger partial charge in [-0.3, -0.25) is 0 Å². The molecule has 0 saturated carbocycles. The van der Waals surface area contributed by atoms with E-state index in [1.807, 2.05) is 0 Å². The van der Waals surface area contributed by atoms with Crippen molar-refractivity contribution in [2.75, 3.05) is 13.1 Å². The first-order valence-electron chi connectivity index (χ1n) is 21.0. The third-order valence-corrected chi connectivity index (χ3v) is 10.3. The van der Waals surface area contributed by atoms with Gasteiger partial charge in [-0.05, 0) is 25.7 Å². The van der Waals surface area contributed by atoms with Crippen molar-refractivity contribution >= 4 is 0 Å². The lowest BCUT2D eigenvalue weighted by Gasteiger charge is -2.33. The van der Waals surface area contributed by atoms with Gasteiger partial charge in [0, 0.05) is 25.5 Å². The van der Waals surface area contributed by atoms with Crippen LogP contribution in [0.4, 0.5) is 0 Å². The molecule has 0 spiro atoms. The molecule has 0 aromatic carbocycles. The van der Waals surface area contributed by atoms with E-state index in [1.54, 1.807) is 0 Å². The maximum Gasteiger partial charge on any atom is 0.101 e. The van der Waals surface area contributed by atoms with E-state index in [9.17, 15) is 0 Å². The smallest absolute Gasteiger partial charge is 0.101 e. The molecule has 0 N–H and O–H groups in total. The summed E-state index contributed by atoms with van der Waals surface area (Å²) in [7, 11) is 0. The number of nitrogens with zero attached hydrogens (tertiary/aromatic N) is 2. The molecule has 1 rings (SSSR count). The number of unbranched alkanes of at least 4 members (excludes halogenated alkanes) is 30. The average Bonchev–Trinajstić information content (AvgIpc) is 3.42. The Balaban J connectivity index is 2.19. The molecule has 0 aromatic heterocycles. The SMILES string of the molecule is CCCCCCCCCCCCCCCCC1N(CCCCCCCCC)C=CN1CCCCCCCCCCCCCC. The van der Waals surface area contributed by atoms with Crippen LogP contribution in [-0.2, 0) is 0 Å². The van der Waals surface area contributed by atoms with Gasteiger partial charge in [-0.2, -0.15) is 0 Å². The van der Waals surface area contributed by atoms with Gasteiger partial charge >= 0.3 is 0 Å². The Kier molecular flexibility index (Phi) is 31.7. The summed E-state index contributed by atoms with van der Waals surface area (Å²) in [5.74, 6) is 0. The van der Waals surface area contributed by atoms with Crippen LogP contribution in [0, 0.1) is 0 Å². The Morgan fingerprint density at radius 2 is 0.523 bits per heavy atom. The van der Waals surface area contributed by atoms with Crippen molar-refractivity contribution < 1.29 is 0 Å². The van der Waals surface area contributed by atoms with Gasteiger partial charge in [-0.25, -0.2) is 0 Å². The second-order valence-electron chi connectivity index (χ2n) is 14.6. The molecular formula is C42H84N2. The molecule has 2 nitrogen and oxygen atoms in total. The third kappa shape index (κ3) is 25.5. The standard InChI is InChI=1S/C42H84N2/c1-4-7-10-13-16-18-20-22-23-24-26-28-31-34-37-42-43(38-35-32-29-15-12-9-6-3)40-41-44(42)39-36-33-30-27-25-21-19-17-14-11-8-5-2/h40-42H,4-39H2,1-3H3. The van der Waals surface area contributed by atoms with Gasteiger partial charge in [0.15, 0.2) is 0 Å². The first kappa shape index (κ1) is 41.4. The highest BCUT2D eigenvalue weighted by molar-refractivity contribution is 4.97. The molecule has 44 heavy (non-hydrogen) atoms. The van der Waals surface area contributed by atoms with Crippen molar-refractivity contribution in [1.29, 1.82) is 0 Å². The van der Waals surface area contributed by atoms with E-state index in [4.69, 9.17) is 0 Å². The lowest BCUT2D eigenvalue weighted by Crippen LogP contribution is -2.39. The van der Waals surface area contributed by atoms with Crippen LogP contribution < -0.4 is 0 Å². The monoisotopic (exact) mass is 617 g/mol. The fraction of sp³-hybridized carbons (Fsp3) is 0.952. The topological polar surface area (TPSA) is 6.48 Å². The predicted molar refractivity (Wildman–Crippen MR) is 200 cm³/mol. The van der Waals surface area contributed by atoms with E-state index in [-0.39, 0.29) is 0 Å². The van der Waals surface area contributed by atoms with E-state index < -0.39 is 0 Å². The maximum atomic E-state index is 2.72. The summed E-state index contributed by atoms with van der Waals surface area (Å²) < 4.78 is 0. The zero-order valence-electron chi connectivity index (χ0n) is 31.1. The summed E-state index contributed by atoms with van der Waals surface area (Å²) in [5.41, 5.74) is 0. The van der Waals surface area contributed by atoms with Crippen LogP contribution in [0.3, 0.4) is 0 Å². The van der Waals surface area contributed by atoms with E-state index >= 15 is 0 Å². The summed E-state index contributed by atoms with van der Waals surface area (Å²) in [4.78, 5) is 5.44. The molecule has 1 unspecified atom stereocenters. The van der Waals surface area contributed by atoms with Crippen molar-refractivity contribution in [3.63, 3.8) is 0 Å². The number of rotatable bonds is 36. The largest absolute Gasteiger partial charge is 0.356 e. The fourth-order valence-electron chi connectivity index (χ4n) is 7.25. The molecule has 2 heteroatoms.